The van der Waals surface area contributed by atoms with Gasteiger partial charge in [-0.25, -0.2) is 0 Å². The summed E-state index contributed by atoms with van der Waals surface area (Å²) in [6.07, 6.45) is 0. The highest BCUT2D eigenvalue weighted by Gasteiger charge is 2.51. The lowest BCUT2D eigenvalue weighted by molar-refractivity contribution is 0.793. The molecule has 0 aliphatic heterocycles. The highest BCUT2D eigenvalue weighted by molar-refractivity contribution is 5.95. The molecule has 2 aliphatic carbocycles. The minimum Gasteiger partial charge on any atom is -0.0619 e. The van der Waals surface area contributed by atoms with Gasteiger partial charge in [-0.05, 0) is 65.3 Å². The predicted molar refractivity (Wildman–Crippen MR) is 117 cm³/mol. The number of benzene rings is 4. The molecule has 2 aliphatic rings. The maximum Gasteiger partial charge on any atom is 0.0725 e. The summed E-state index contributed by atoms with van der Waals surface area (Å²) >= 11 is 0. The molecular weight excluding hydrogens is 336 g/mol. The first-order valence-electron chi connectivity index (χ1n) is 10.0. The number of rotatable bonds is 0. The zero-order chi connectivity index (χ0) is 19.0. The summed E-state index contributed by atoms with van der Waals surface area (Å²) in [5.41, 5.74) is 15.0. The molecule has 4 aromatic carbocycles. The van der Waals surface area contributed by atoms with E-state index < -0.39 is 0 Å². The third kappa shape index (κ3) is 1.76. The topological polar surface area (TPSA) is 0 Å². The molecule has 0 N–H and O–H groups in total. The summed E-state index contributed by atoms with van der Waals surface area (Å²) in [4.78, 5) is 0. The highest BCUT2D eigenvalue weighted by atomic mass is 14.5. The van der Waals surface area contributed by atoms with Crippen LogP contribution in [0.4, 0.5) is 0 Å². The Bertz CT molecular complexity index is 1240. The van der Waals surface area contributed by atoms with Gasteiger partial charge >= 0.3 is 0 Å². The van der Waals surface area contributed by atoms with E-state index in [2.05, 4.69) is 99.6 Å². The SMILES string of the molecule is Cc1ccc2c(c1)-c1ccccc1C21c2ccc(C)cc2-c2cc(C)ccc21. The van der Waals surface area contributed by atoms with Crippen LogP contribution in [0.5, 0.6) is 0 Å². The summed E-state index contributed by atoms with van der Waals surface area (Å²) in [5, 5.41) is 0. The average Bonchev–Trinajstić information content (AvgIpc) is 3.13. The fourth-order valence-electron chi connectivity index (χ4n) is 5.54. The lowest BCUT2D eigenvalue weighted by Crippen LogP contribution is -2.25. The summed E-state index contributed by atoms with van der Waals surface area (Å²) < 4.78 is 0. The van der Waals surface area contributed by atoms with Gasteiger partial charge in [-0.3, -0.25) is 0 Å². The summed E-state index contributed by atoms with van der Waals surface area (Å²) in [6, 6.07) is 30.0. The van der Waals surface area contributed by atoms with Gasteiger partial charge in [0.2, 0.25) is 0 Å². The maximum atomic E-state index is 2.37. The van der Waals surface area contributed by atoms with Crippen molar-refractivity contribution in [1.29, 1.82) is 0 Å². The fourth-order valence-corrected chi connectivity index (χ4v) is 5.54. The Balaban J connectivity index is 1.85. The molecule has 0 saturated carbocycles. The van der Waals surface area contributed by atoms with Crippen LogP contribution in [-0.4, -0.2) is 0 Å². The second-order valence-corrected chi connectivity index (χ2v) is 8.44. The normalized spacial score (nSPS) is 14.5. The van der Waals surface area contributed by atoms with Crippen molar-refractivity contribution in [3.8, 4) is 22.3 Å². The zero-order valence-electron chi connectivity index (χ0n) is 16.5. The first-order valence-corrected chi connectivity index (χ1v) is 10.0. The van der Waals surface area contributed by atoms with Crippen LogP contribution in [0, 0.1) is 20.8 Å². The van der Waals surface area contributed by atoms with Crippen LogP contribution in [0.1, 0.15) is 38.9 Å². The van der Waals surface area contributed by atoms with Crippen LogP contribution in [0.15, 0.2) is 78.9 Å². The molecule has 1 spiro atoms. The Hall–Kier alpha value is -3.12. The van der Waals surface area contributed by atoms with Crippen molar-refractivity contribution in [2.45, 2.75) is 26.2 Å². The minimum atomic E-state index is -0.203. The van der Waals surface area contributed by atoms with Gasteiger partial charge in [0.25, 0.3) is 0 Å². The number of aryl methyl sites for hydroxylation is 3. The van der Waals surface area contributed by atoms with Crippen LogP contribution in [0.2, 0.25) is 0 Å². The first-order chi connectivity index (χ1) is 13.6. The fraction of sp³-hybridized carbons (Fsp3) is 0.143. The Morgan fingerprint density at radius 1 is 0.429 bits per heavy atom. The largest absolute Gasteiger partial charge is 0.0725 e. The van der Waals surface area contributed by atoms with Crippen molar-refractivity contribution in [1.82, 2.24) is 0 Å². The Morgan fingerprint density at radius 2 is 0.821 bits per heavy atom. The smallest absolute Gasteiger partial charge is 0.0619 e. The van der Waals surface area contributed by atoms with Crippen molar-refractivity contribution in [2.75, 3.05) is 0 Å². The van der Waals surface area contributed by atoms with Crippen molar-refractivity contribution in [3.63, 3.8) is 0 Å². The standard InChI is InChI=1S/C28H22/c1-17-8-11-25-21(14-17)20-6-4-5-7-24(20)28(25)26-12-9-18(2)15-22(26)23-16-19(3)10-13-27(23)28/h4-16H,1-3H3. The average molecular weight is 358 g/mol. The summed E-state index contributed by atoms with van der Waals surface area (Å²) in [5.74, 6) is 0. The second-order valence-electron chi connectivity index (χ2n) is 8.44. The molecule has 4 aromatic rings. The van der Waals surface area contributed by atoms with E-state index >= 15 is 0 Å². The number of hydrogen-bond acceptors (Lipinski definition) is 0. The molecule has 28 heavy (non-hydrogen) atoms. The van der Waals surface area contributed by atoms with Crippen molar-refractivity contribution < 1.29 is 0 Å². The van der Waals surface area contributed by atoms with E-state index in [4.69, 9.17) is 0 Å². The Kier molecular flexibility index (Phi) is 2.97. The lowest BCUT2D eigenvalue weighted by atomic mass is 9.70. The van der Waals surface area contributed by atoms with Gasteiger partial charge < -0.3 is 0 Å². The van der Waals surface area contributed by atoms with E-state index in [1.165, 1.54) is 61.2 Å². The van der Waals surface area contributed by atoms with E-state index in [1.54, 1.807) is 0 Å². The van der Waals surface area contributed by atoms with E-state index in [1.807, 2.05) is 0 Å². The maximum absolute atomic E-state index is 2.37. The molecule has 0 fully saturated rings. The minimum absolute atomic E-state index is 0.203. The molecule has 0 unspecified atom stereocenters. The Labute approximate surface area is 166 Å². The van der Waals surface area contributed by atoms with Crippen molar-refractivity contribution in [3.05, 3.63) is 118 Å². The van der Waals surface area contributed by atoms with Crippen LogP contribution >= 0.6 is 0 Å². The monoisotopic (exact) mass is 358 g/mol. The first kappa shape index (κ1) is 15.9. The van der Waals surface area contributed by atoms with Crippen LogP contribution in [0.3, 0.4) is 0 Å². The molecule has 0 radical (unpaired) electrons. The second kappa shape index (κ2) is 5.23. The molecular formula is C28H22. The molecule has 0 bridgehead atoms. The highest BCUT2D eigenvalue weighted by Crippen LogP contribution is 2.62. The quantitative estimate of drug-likeness (QED) is 0.275. The van der Waals surface area contributed by atoms with Crippen LogP contribution in [0.25, 0.3) is 22.3 Å². The van der Waals surface area contributed by atoms with E-state index in [0.717, 1.165) is 0 Å². The van der Waals surface area contributed by atoms with Gasteiger partial charge in [0.05, 0.1) is 5.41 Å². The van der Waals surface area contributed by atoms with Crippen LogP contribution in [-0.2, 0) is 5.41 Å². The number of hydrogen-bond donors (Lipinski definition) is 0. The van der Waals surface area contributed by atoms with Gasteiger partial charge in [0, 0.05) is 0 Å². The molecule has 0 amide bonds. The molecule has 0 nitrogen and oxygen atoms in total. The van der Waals surface area contributed by atoms with Gasteiger partial charge in [0.1, 0.15) is 0 Å². The lowest BCUT2D eigenvalue weighted by Gasteiger charge is -2.30. The van der Waals surface area contributed by atoms with E-state index in [-0.39, 0.29) is 5.41 Å². The van der Waals surface area contributed by atoms with E-state index in [0.29, 0.717) is 0 Å². The molecule has 134 valence electrons. The molecule has 0 heteroatoms. The number of fused-ring (bicyclic) bond motifs is 10. The molecule has 0 heterocycles. The van der Waals surface area contributed by atoms with Crippen molar-refractivity contribution in [2.24, 2.45) is 0 Å². The van der Waals surface area contributed by atoms with E-state index in [9.17, 15) is 0 Å². The molecule has 0 aromatic heterocycles. The Morgan fingerprint density at radius 3 is 1.32 bits per heavy atom. The predicted octanol–water partition coefficient (Wildman–Crippen LogP) is 6.96. The molecule has 6 rings (SSSR count). The summed E-state index contributed by atoms with van der Waals surface area (Å²) in [6.45, 7) is 6.58. The summed E-state index contributed by atoms with van der Waals surface area (Å²) in [7, 11) is 0. The van der Waals surface area contributed by atoms with Crippen LogP contribution < -0.4 is 0 Å². The zero-order valence-corrected chi connectivity index (χ0v) is 16.5. The third-order valence-electron chi connectivity index (χ3n) is 6.65. The van der Waals surface area contributed by atoms with Crippen molar-refractivity contribution >= 4 is 0 Å². The van der Waals surface area contributed by atoms with Gasteiger partial charge in [-0.2, -0.15) is 0 Å². The third-order valence-corrected chi connectivity index (χ3v) is 6.65. The van der Waals surface area contributed by atoms with Gasteiger partial charge in [-0.1, -0.05) is 95.6 Å². The van der Waals surface area contributed by atoms with Gasteiger partial charge in [0.15, 0.2) is 0 Å². The van der Waals surface area contributed by atoms with Gasteiger partial charge in [-0.15, -0.1) is 0 Å². The molecule has 0 atom stereocenters. The molecule has 0 saturated heterocycles.